The maximum Gasteiger partial charge on any atom is 0.260 e. The number of halogens is 3. The van der Waals surface area contributed by atoms with Gasteiger partial charge in [0.05, 0.1) is 12.2 Å². The molecule has 0 aliphatic carbocycles. The van der Waals surface area contributed by atoms with E-state index in [1.807, 2.05) is 0 Å². The van der Waals surface area contributed by atoms with Gasteiger partial charge in [-0.25, -0.2) is 13.2 Å². The van der Waals surface area contributed by atoms with Gasteiger partial charge in [0.1, 0.15) is 11.6 Å². The highest BCUT2D eigenvalue weighted by molar-refractivity contribution is 5.77. The first-order valence-electron chi connectivity index (χ1n) is 9.61. The predicted octanol–water partition coefficient (Wildman–Crippen LogP) is 1.80. The van der Waals surface area contributed by atoms with Crippen LogP contribution >= 0.6 is 0 Å². The van der Waals surface area contributed by atoms with E-state index in [0.29, 0.717) is 50.0 Å². The van der Waals surface area contributed by atoms with Gasteiger partial charge in [-0.2, -0.15) is 4.68 Å². The fourth-order valence-corrected chi connectivity index (χ4v) is 3.24. The minimum atomic E-state index is -0.978. The van der Waals surface area contributed by atoms with Crippen molar-refractivity contribution in [2.24, 2.45) is 0 Å². The molecule has 1 aliphatic heterocycles. The number of hydrogen-bond donors (Lipinski definition) is 0. The Labute approximate surface area is 175 Å². The molecule has 1 aliphatic rings. The second-order valence-electron chi connectivity index (χ2n) is 7.00. The molecule has 0 atom stereocenters. The lowest BCUT2D eigenvalue weighted by atomic mass is 10.3. The molecule has 11 heteroatoms. The fraction of sp³-hybridized carbons (Fsp3) is 0.300. The third-order valence-electron chi connectivity index (χ3n) is 4.95. The molecule has 4 rings (SSSR count). The Hall–Kier alpha value is -3.47. The summed E-state index contributed by atoms with van der Waals surface area (Å²) < 4.78 is 46.4. The van der Waals surface area contributed by atoms with Crippen molar-refractivity contribution in [3.63, 3.8) is 0 Å². The normalized spacial score (nSPS) is 14.6. The largest absolute Gasteiger partial charge is 0.484 e. The molecule has 0 bridgehead atoms. The van der Waals surface area contributed by atoms with E-state index in [4.69, 9.17) is 4.74 Å². The summed E-state index contributed by atoms with van der Waals surface area (Å²) in [5, 5.41) is 11.5. The number of benzene rings is 2. The Balaban J connectivity index is 1.29. The maximum absolute atomic E-state index is 13.5. The van der Waals surface area contributed by atoms with E-state index in [-0.39, 0.29) is 18.3 Å². The van der Waals surface area contributed by atoms with Crippen LogP contribution in [0.2, 0.25) is 0 Å². The molecule has 1 saturated heterocycles. The monoisotopic (exact) mass is 432 g/mol. The Morgan fingerprint density at radius 2 is 1.71 bits per heavy atom. The second-order valence-corrected chi connectivity index (χ2v) is 7.00. The number of tetrazole rings is 1. The van der Waals surface area contributed by atoms with Gasteiger partial charge in [0.25, 0.3) is 5.91 Å². The second kappa shape index (κ2) is 9.13. The summed E-state index contributed by atoms with van der Waals surface area (Å²) in [5.74, 6) is -1.54. The van der Waals surface area contributed by atoms with Crippen LogP contribution in [-0.2, 0) is 11.3 Å². The molecular formula is C20H19F3N6O2. The van der Waals surface area contributed by atoms with Crippen molar-refractivity contribution in [2.75, 3.05) is 32.8 Å². The van der Waals surface area contributed by atoms with Crippen LogP contribution < -0.4 is 4.74 Å². The zero-order valence-electron chi connectivity index (χ0n) is 16.4. The number of nitrogens with zero attached hydrogens (tertiary/aromatic N) is 6. The number of ether oxygens (including phenoxy) is 1. The summed E-state index contributed by atoms with van der Waals surface area (Å²) in [7, 11) is 0. The van der Waals surface area contributed by atoms with Crippen LogP contribution in [0.1, 0.15) is 5.82 Å². The van der Waals surface area contributed by atoms with Gasteiger partial charge < -0.3 is 9.64 Å². The molecular weight excluding hydrogens is 413 g/mol. The number of carbonyl (C=O) groups is 1. The van der Waals surface area contributed by atoms with E-state index in [0.717, 1.165) is 12.1 Å². The van der Waals surface area contributed by atoms with Crippen molar-refractivity contribution in [2.45, 2.75) is 6.54 Å². The van der Waals surface area contributed by atoms with Crippen molar-refractivity contribution in [3.05, 3.63) is 65.7 Å². The number of piperazine rings is 1. The smallest absolute Gasteiger partial charge is 0.260 e. The molecule has 0 radical (unpaired) electrons. The van der Waals surface area contributed by atoms with Gasteiger partial charge in [-0.15, -0.1) is 5.10 Å². The van der Waals surface area contributed by atoms with Gasteiger partial charge in [0.2, 0.25) is 0 Å². The van der Waals surface area contributed by atoms with Crippen molar-refractivity contribution in [1.29, 1.82) is 0 Å². The van der Waals surface area contributed by atoms with Gasteiger partial charge in [-0.1, -0.05) is 0 Å². The number of amides is 1. The van der Waals surface area contributed by atoms with E-state index < -0.39 is 11.6 Å². The van der Waals surface area contributed by atoms with Crippen molar-refractivity contribution in [1.82, 2.24) is 30.0 Å². The first-order valence-corrected chi connectivity index (χ1v) is 9.61. The average molecular weight is 432 g/mol. The summed E-state index contributed by atoms with van der Waals surface area (Å²) in [6, 6.07) is 8.94. The van der Waals surface area contributed by atoms with Crippen molar-refractivity contribution >= 4 is 5.91 Å². The number of carbonyl (C=O) groups excluding carboxylic acids is 1. The van der Waals surface area contributed by atoms with E-state index in [1.54, 1.807) is 4.90 Å². The molecule has 162 valence electrons. The van der Waals surface area contributed by atoms with E-state index in [1.165, 1.54) is 35.0 Å². The highest BCUT2D eigenvalue weighted by Gasteiger charge is 2.23. The Morgan fingerprint density at radius 1 is 0.968 bits per heavy atom. The van der Waals surface area contributed by atoms with Crippen LogP contribution in [0, 0.1) is 17.5 Å². The minimum absolute atomic E-state index is 0.125. The predicted molar refractivity (Wildman–Crippen MR) is 103 cm³/mol. The SMILES string of the molecule is O=C(COc1ccc(F)cc1)N1CCN(Cc2nnnn2-c2ccc(F)c(F)c2)CC1. The standard InChI is InChI=1S/C20H19F3N6O2/c21-14-1-4-16(5-2-14)31-13-20(30)28-9-7-27(8-10-28)12-19-24-25-26-29(19)15-3-6-17(22)18(23)11-15/h1-6,11H,7-10,12-13H2. The van der Waals surface area contributed by atoms with Crippen LogP contribution in [0.4, 0.5) is 13.2 Å². The Kier molecular flexibility index (Phi) is 6.12. The quantitative estimate of drug-likeness (QED) is 0.591. The van der Waals surface area contributed by atoms with Gasteiger partial charge >= 0.3 is 0 Å². The highest BCUT2D eigenvalue weighted by Crippen LogP contribution is 2.15. The van der Waals surface area contributed by atoms with Crippen LogP contribution in [-0.4, -0.2) is 68.7 Å². The molecule has 0 unspecified atom stereocenters. The first kappa shape index (κ1) is 20.8. The molecule has 0 spiro atoms. The molecule has 8 nitrogen and oxygen atoms in total. The molecule has 31 heavy (non-hydrogen) atoms. The molecule has 2 aromatic carbocycles. The van der Waals surface area contributed by atoms with E-state index in [2.05, 4.69) is 20.4 Å². The first-order chi connectivity index (χ1) is 15.0. The van der Waals surface area contributed by atoms with Crippen molar-refractivity contribution in [3.8, 4) is 11.4 Å². The van der Waals surface area contributed by atoms with Gasteiger partial charge in [0.15, 0.2) is 24.1 Å². The summed E-state index contributed by atoms with van der Waals surface area (Å²) >= 11 is 0. The molecule has 1 amide bonds. The third-order valence-corrected chi connectivity index (χ3v) is 4.95. The highest BCUT2D eigenvalue weighted by atomic mass is 19.2. The van der Waals surface area contributed by atoms with E-state index in [9.17, 15) is 18.0 Å². The summed E-state index contributed by atoms with van der Waals surface area (Å²) in [6.45, 7) is 2.44. The van der Waals surface area contributed by atoms with Crippen LogP contribution in [0.3, 0.4) is 0 Å². The van der Waals surface area contributed by atoms with Crippen LogP contribution in [0.25, 0.3) is 5.69 Å². The lowest BCUT2D eigenvalue weighted by Crippen LogP contribution is -2.49. The van der Waals surface area contributed by atoms with E-state index >= 15 is 0 Å². The van der Waals surface area contributed by atoms with Crippen molar-refractivity contribution < 1.29 is 22.7 Å². The maximum atomic E-state index is 13.5. The number of hydrogen-bond acceptors (Lipinski definition) is 6. The zero-order valence-corrected chi connectivity index (χ0v) is 16.4. The topological polar surface area (TPSA) is 76.4 Å². The lowest BCUT2D eigenvalue weighted by molar-refractivity contribution is -0.135. The minimum Gasteiger partial charge on any atom is -0.484 e. The van der Waals surface area contributed by atoms with Crippen LogP contribution in [0.5, 0.6) is 5.75 Å². The molecule has 1 fully saturated rings. The average Bonchev–Trinajstić information content (AvgIpc) is 3.23. The number of rotatable bonds is 6. The lowest BCUT2D eigenvalue weighted by Gasteiger charge is -2.34. The zero-order chi connectivity index (χ0) is 21.8. The third kappa shape index (κ3) is 5.00. The molecule has 0 N–H and O–H groups in total. The van der Waals surface area contributed by atoms with Crippen LogP contribution in [0.15, 0.2) is 42.5 Å². The summed E-state index contributed by atoms with van der Waals surface area (Å²) in [6.07, 6.45) is 0. The summed E-state index contributed by atoms with van der Waals surface area (Å²) in [5.41, 5.74) is 0.325. The molecule has 1 aromatic heterocycles. The van der Waals surface area contributed by atoms with Gasteiger partial charge in [-0.3, -0.25) is 9.69 Å². The summed E-state index contributed by atoms with van der Waals surface area (Å²) in [4.78, 5) is 16.1. The fourth-order valence-electron chi connectivity index (χ4n) is 3.24. The molecule has 0 saturated carbocycles. The molecule has 3 aromatic rings. The Morgan fingerprint density at radius 3 is 2.42 bits per heavy atom. The van der Waals surface area contributed by atoms with Gasteiger partial charge in [-0.05, 0) is 46.8 Å². The number of aromatic nitrogens is 4. The Bertz CT molecular complexity index is 1050. The van der Waals surface area contributed by atoms with Gasteiger partial charge in [0, 0.05) is 32.2 Å². The molecule has 2 heterocycles.